The molecule has 0 bridgehead atoms. The molecule has 10 heteroatoms. The fourth-order valence-electron chi connectivity index (χ4n) is 3.76. The van der Waals surface area contributed by atoms with Gasteiger partial charge in [-0.2, -0.15) is 0 Å². The van der Waals surface area contributed by atoms with Crippen LogP contribution >= 0.6 is 0 Å². The van der Waals surface area contributed by atoms with Crippen LogP contribution in [0.3, 0.4) is 0 Å². The van der Waals surface area contributed by atoms with Crippen LogP contribution in [0.1, 0.15) is 17.3 Å². The van der Waals surface area contributed by atoms with Crippen LogP contribution in [0.2, 0.25) is 0 Å². The molecule has 0 saturated heterocycles. The molecule has 3 rings (SSSR count). The van der Waals surface area contributed by atoms with E-state index in [0.717, 1.165) is 18.0 Å². The number of carbonyl (C=O) groups excluding carboxylic acids is 1. The number of benzene rings is 2. The minimum atomic E-state index is -3.89. The number of nitrogens with one attached hydrogen (secondary N) is 1. The Hall–Kier alpha value is -2.82. The van der Waals surface area contributed by atoms with Gasteiger partial charge in [-0.15, -0.1) is 0 Å². The summed E-state index contributed by atoms with van der Waals surface area (Å²) >= 11 is 0. The van der Waals surface area contributed by atoms with Crippen molar-refractivity contribution < 1.29 is 27.4 Å². The highest BCUT2D eigenvalue weighted by molar-refractivity contribution is 7.89. The largest absolute Gasteiger partial charge is 0.495 e. The van der Waals surface area contributed by atoms with Gasteiger partial charge in [0.1, 0.15) is 22.5 Å². The summed E-state index contributed by atoms with van der Waals surface area (Å²) in [6.07, 6.45) is -0.217. The van der Waals surface area contributed by atoms with E-state index in [1.54, 1.807) is 18.0 Å². The zero-order valence-electron chi connectivity index (χ0n) is 19.4. The summed E-state index contributed by atoms with van der Waals surface area (Å²) in [4.78, 5) is 16.8. The summed E-state index contributed by atoms with van der Waals surface area (Å²) in [5.41, 5.74) is 1.28. The van der Waals surface area contributed by atoms with Crippen LogP contribution in [0.4, 0.5) is 5.69 Å². The molecule has 33 heavy (non-hydrogen) atoms. The van der Waals surface area contributed by atoms with Gasteiger partial charge in [-0.1, -0.05) is 12.1 Å². The average molecular weight is 478 g/mol. The molecule has 2 aromatic rings. The fraction of sp³-hybridized carbons (Fsp3) is 0.435. The summed E-state index contributed by atoms with van der Waals surface area (Å²) in [7, 11) is 0.661. The Morgan fingerprint density at radius 3 is 2.70 bits per heavy atom. The number of fused-ring (bicyclic) bond motifs is 1. The van der Waals surface area contributed by atoms with Gasteiger partial charge in [0.05, 0.1) is 32.5 Å². The number of methoxy groups -OCH3 is 2. The van der Waals surface area contributed by atoms with Gasteiger partial charge < -0.3 is 24.0 Å². The lowest BCUT2D eigenvalue weighted by atomic mass is 10.1. The smallest absolute Gasteiger partial charge is 0.253 e. The van der Waals surface area contributed by atoms with Gasteiger partial charge in [-0.3, -0.25) is 4.79 Å². The van der Waals surface area contributed by atoms with Crippen LogP contribution in [-0.2, 0) is 14.8 Å². The molecule has 0 fully saturated rings. The molecule has 0 spiro atoms. The maximum Gasteiger partial charge on any atom is 0.253 e. The summed E-state index contributed by atoms with van der Waals surface area (Å²) in [5.74, 6) is 0.637. The highest BCUT2D eigenvalue weighted by Gasteiger charge is 2.28. The van der Waals surface area contributed by atoms with Gasteiger partial charge in [0.15, 0.2) is 0 Å². The molecule has 180 valence electrons. The van der Waals surface area contributed by atoms with E-state index in [1.165, 1.54) is 26.4 Å². The van der Waals surface area contributed by atoms with Crippen LogP contribution in [0.15, 0.2) is 47.4 Å². The molecule has 2 aromatic carbocycles. The van der Waals surface area contributed by atoms with Crippen molar-refractivity contribution in [3.8, 4) is 11.5 Å². The Kier molecular flexibility index (Phi) is 8.17. The number of ether oxygens (including phenoxy) is 3. The SMILES string of the molecule is CCN1CC(CN(C)C(=O)c2ccc(OC)c(S(=O)(=O)NCCOC)c2)Oc2ccccc21. The number of sulfonamides is 1. The van der Waals surface area contributed by atoms with Gasteiger partial charge in [0.25, 0.3) is 5.91 Å². The molecule has 1 unspecified atom stereocenters. The predicted octanol–water partition coefficient (Wildman–Crippen LogP) is 1.98. The van der Waals surface area contributed by atoms with E-state index in [2.05, 4.69) is 16.5 Å². The maximum absolute atomic E-state index is 13.1. The van der Waals surface area contributed by atoms with E-state index in [4.69, 9.17) is 14.2 Å². The lowest BCUT2D eigenvalue weighted by Gasteiger charge is -2.37. The molecule has 1 amide bonds. The number of hydrogen-bond donors (Lipinski definition) is 1. The molecule has 0 radical (unpaired) electrons. The van der Waals surface area contributed by atoms with Crippen LogP contribution in [0.25, 0.3) is 0 Å². The molecular weight excluding hydrogens is 446 g/mol. The zero-order valence-corrected chi connectivity index (χ0v) is 20.2. The van der Waals surface area contributed by atoms with Crippen LogP contribution < -0.4 is 19.1 Å². The Balaban J connectivity index is 1.77. The van der Waals surface area contributed by atoms with E-state index in [0.29, 0.717) is 13.1 Å². The summed E-state index contributed by atoms with van der Waals surface area (Å²) < 4.78 is 44.2. The number of para-hydroxylation sites is 2. The van der Waals surface area contributed by atoms with Crippen molar-refractivity contribution in [2.24, 2.45) is 0 Å². The first-order valence-electron chi connectivity index (χ1n) is 10.7. The molecule has 1 N–H and O–H groups in total. The second-order valence-electron chi connectivity index (χ2n) is 7.69. The highest BCUT2D eigenvalue weighted by Crippen LogP contribution is 2.33. The van der Waals surface area contributed by atoms with Crippen molar-refractivity contribution in [3.63, 3.8) is 0 Å². The zero-order chi connectivity index (χ0) is 24.0. The number of amides is 1. The first-order valence-corrected chi connectivity index (χ1v) is 12.2. The molecule has 0 aliphatic carbocycles. The third-order valence-electron chi connectivity index (χ3n) is 5.43. The molecule has 1 aliphatic rings. The molecule has 1 aliphatic heterocycles. The van der Waals surface area contributed by atoms with Gasteiger partial charge in [0, 0.05) is 32.8 Å². The van der Waals surface area contributed by atoms with Crippen molar-refractivity contribution in [2.75, 3.05) is 59.0 Å². The second kappa shape index (κ2) is 10.9. The first kappa shape index (κ1) is 24.8. The van der Waals surface area contributed by atoms with Crippen molar-refractivity contribution in [1.29, 1.82) is 0 Å². The quantitative estimate of drug-likeness (QED) is 0.523. The summed E-state index contributed by atoms with van der Waals surface area (Å²) in [6.45, 7) is 4.23. The normalized spacial score (nSPS) is 15.5. The third-order valence-corrected chi connectivity index (χ3v) is 6.91. The van der Waals surface area contributed by atoms with Crippen LogP contribution in [0.5, 0.6) is 11.5 Å². The van der Waals surface area contributed by atoms with Gasteiger partial charge >= 0.3 is 0 Å². The molecule has 1 heterocycles. The fourth-order valence-corrected chi connectivity index (χ4v) is 4.96. The minimum absolute atomic E-state index is 0.0969. The summed E-state index contributed by atoms with van der Waals surface area (Å²) in [5, 5.41) is 0. The number of carbonyl (C=O) groups is 1. The van der Waals surface area contributed by atoms with E-state index in [9.17, 15) is 13.2 Å². The van der Waals surface area contributed by atoms with Crippen molar-refractivity contribution in [2.45, 2.75) is 17.9 Å². The van der Waals surface area contributed by atoms with Crippen LogP contribution in [0, 0.1) is 0 Å². The average Bonchev–Trinajstić information content (AvgIpc) is 2.82. The number of nitrogens with zero attached hydrogens (tertiary/aromatic N) is 2. The molecule has 0 aromatic heterocycles. The van der Waals surface area contributed by atoms with Crippen LogP contribution in [-0.4, -0.2) is 79.4 Å². The van der Waals surface area contributed by atoms with Crippen molar-refractivity contribution >= 4 is 21.6 Å². The minimum Gasteiger partial charge on any atom is -0.495 e. The Morgan fingerprint density at radius 1 is 1.24 bits per heavy atom. The number of likely N-dealkylation sites (N-methyl/N-ethyl adjacent to an activating group) is 2. The lowest BCUT2D eigenvalue weighted by Crippen LogP contribution is -2.46. The second-order valence-corrected chi connectivity index (χ2v) is 9.42. The third kappa shape index (κ3) is 5.76. The summed E-state index contributed by atoms with van der Waals surface area (Å²) in [6, 6.07) is 12.2. The molecular formula is C23H31N3O6S. The Bertz CT molecular complexity index is 1080. The van der Waals surface area contributed by atoms with Crippen molar-refractivity contribution in [3.05, 3.63) is 48.0 Å². The van der Waals surface area contributed by atoms with E-state index in [1.807, 2.05) is 24.3 Å². The lowest BCUT2D eigenvalue weighted by molar-refractivity contribution is 0.0709. The van der Waals surface area contributed by atoms with E-state index < -0.39 is 10.0 Å². The maximum atomic E-state index is 13.1. The number of anilines is 1. The molecule has 1 atom stereocenters. The Morgan fingerprint density at radius 2 is 2.00 bits per heavy atom. The number of hydrogen-bond acceptors (Lipinski definition) is 7. The standard InChI is InChI=1S/C23H31N3O6S/c1-5-26-16-18(32-20-9-7-6-8-19(20)26)15-25(2)23(27)17-10-11-21(31-4)22(14-17)33(28,29)24-12-13-30-3/h6-11,14,18,24H,5,12-13,15-16H2,1-4H3. The molecule has 9 nitrogen and oxygen atoms in total. The van der Waals surface area contributed by atoms with Gasteiger partial charge in [-0.05, 0) is 37.3 Å². The van der Waals surface area contributed by atoms with Gasteiger partial charge in [-0.25, -0.2) is 13.1 Å². The highest BCUT2D eigenvalue weighted by atomic mass is 32.2. The first-order chi connectivity index (χ1) is 15.8. The number of rotatable bonds is 10. The van der Waals surface area contributed by atoms with Crippen molar-refractivity contribution in [1.82, 2.24) is 9.62 Å². The Labute approximate surface area is 195 Å². The molecule has 0 saturated carbocycles. The van der Waals surface area contributed by atoms with Gasteiger partial charge in [0.2, 0.25) is 10.0 Å². The predicted molar refractivity (Wildman–Crippen MR) is 126 cm³/mol. The topological polar surface area (TPSA) is 97.4 Å². The monoisotopic (exact) mass is 477 g/mol. The van der Waals surface area contributed by atoms with E-state index >= 15 is 0 Å². The van der Waals surface area contributed by atoms with E-state index in [-0.39, 0.29) is 41.4 Å².